The molecular formula is C13H17F3N4O2S. The second-order valence-electron chi connectivity index (χ2n) is 4.85. The first-order valence-electron chi connectivity index (χ1n) is 7.05. The SMILES string of the molecule is CSc1ncc(C(F)(F)F)c(NCCCN2CCCOC2=O)n1. The fourth-order valence-corrected chi connectivity index (χ4v) is 2.42. The highest BCUT2D eigenvalue weighted by Crippen LogP contribution is 2.33. The second-order valence-corrected chi connectivity index (χ2v) is 5.63. The van der Waals surface area contributed by atoms with Gasteiger partial charge >= 0.3 is 12.3 Å². The molecule has 0 bridgehead atoms. The lowest BCUT2D eigenvalue weighted by Gasteiger charge is -2.26. The highest BCUT2D eigenvalue weighted by atomic mass is 32.2. The van der Waals surface area contributed by atoms with Crippen LogP contribution in [0.1, 0.15) is 18.4 Å². The molecule has 1 aliphatic heterocycles. The fourth-order valence-electron chi connectivity index (χ4n) is 2.08. The third-order valence-corrected chi connectivity index (χ3v) is 3.77. The van der Waals surface area contributed by atoms with Crippen LogP contribution < -0.4 is 5.32 Å². The van der Waals surface area contributed by atoms with Crippen molar-refractivity contribution in [1.29, 1.82) is 0 Å². The lowest BCUT2D eigenvalue weighted by atomic mass is 10.3. The Bertz CT molecular complexity index is 557. The van der Waals surface area contributed by atoms with Crippen LogP contribution in [-0.4, -0.2) is 53.5 Å². The Kier molecular flexibility index (Phi) is 5.91. The van der Waals surface area contributed by atoms with E-state index in [2.05, 4.69) is 15.3 Å². The van der Waals surface area contributed by atoms with E-state index in [-0.39, 0.29) is 23.6 Å². The van der Waals surface area contributed by atoms with E-state index >= 15 is 0 Å². The summed E-state index contributed by atoms with van der Waals surface area (Å²) in [5.41, 5.74) is -0.896. The van der Waals surface area contributed by atoms with Gasteiger partial charge in [-0.05, 0) is 19.1 Å². The zero-order chi connectivity index (χ0) is 16.9. The number of halogens is 3. The van der Waals surface area contributed by atoms with Crippen molar-refractivity contribution in [3.8, 4) is 0 Å². The first kappa shape index (κ1) is 17.6. The molecule has 0 aromatic carbocycles. The molecule has 1 saturated heterocycles. The minimum atomic E-state index is -4.52. The van der Waals surface area contributed by atoms with E-state index in [0.717, 1.165) is 12.6 Å². The Labute approximate surface area is 135 Å². The van der Waals surface area contributed by atoms with E-state index in [0.29, 0.717) is 26.1 Å². The average Bonchev–Trinajstić information content (AvgIpc) is 2.52. The number of cyclic esters (lactones) is 1. The molecule has 1 amide bonds. The van der Waals surface area contributed by atoms with Gasteiger partial charge in [-0.2, -0.15) is 13.2 Å². The lowest BCUT2D eigenvalue weighted by molar-refractivity contribution is -0.137. The number of nitrogens with zero attached hydrogens (tertiary/aromatic N) is 3. The van der Waals surface area contributed by atoms with E-state index in [1.54, 1.807) is 11.2 Å². The highest BCUT2D eigenvalue weighted by Gasteiger charge is 2.35. The summed E-state index contributed by atoms with van der Waals surface area (Å²) < 4.78 is 43.7. The molecule has 1 aliphatic rings. The number of alkyl halides is 3. The van der Waals surface area contributed by atoms with E-state index in [1.807, 2.05) is 0 Å². The van der Waals surface area contributed by atoms with Crippen LogP contribution in [0.15, 0.2) is 11.4 Å². The number of carbonyl (C=O) groups excluding carboxylic acids is 1. The van der Waals surface area contributed by atoms with Gasteiger partial charge in [0.2, 0.25) is 0 Å². The Balaban J connectivity index is 1.92. The minimum absolute atomic E-state index is 0.238. The molecular weight excluding hydrogens is 333 g/mol. The number of ether oxygens (including phenoxy) is 1. The summed E-state index contributed by atoms with van der Waals surface area (Å²) in [5, 5.41) is 2.95. The summed E-state index contributed by atoms with van der Waals surface area (Å²) in [6, 6.07) is 0. The molecule has 1 aromatic rings. The van der Waals surface area contributed by atoms with E-state index in [1.165, 1.54) is 11.8 Å². The summed E-state index contributed by atoms with van der Waals surface area (Å²) in [5.74, 6) is -0.238. The van der Waals surface area contributed by atoms with Gasteiger partial charge in [0, 0.05) is 25.8 Å². The third kappa shape index (κ3) is 4.88. The van der Waals surface area contributed by atoms with Crippen LogP contribution in [0.5, 0.6) is 0 Å². The molecule has 0 unspecified atom stereocenters. The van der Waals surface area contributed by atoms with Gasteiger partial charge in [0.15, 0.2) is 5.16 Å². The molecule has 2 heterocycles. The number of rotatable bonds is 6. The van der Waals surface area contributed by atoms with E-state index in [9.17, 15) is 18.0 Å². The maximum Gasteiger partial charge on any atom is 0.421 e. The first-order chi connectivity index (χ1) is 10.9. The Morgan fingerprint density at radius 1 is 1.48 bits per heavy atom. The highest BCUT2D eigenvalue weighted by molar-refractivity contribution is 7.98. The third-order valence-electron chi connectivity index (χ3n) is 3.21. The van der Waals surface area contributed by atoms with Crippen molar-refractivity contribution in [2.45, 2.75) is 24.2 Å². The Morgan fingerprint density at radius 3 is 2.91 bits per heavy atom. The normalized spacial score (nSPS) is 15.5. The molecule has 1 aromatic heterocycles. The fraction of sp³-hybridized carbons (Fsp3) is 0.615. The number of hydrogen-bond acceptors (Lipinski definition) is 6. The van der Waals surface area contributed by atoms with Gasteiger partial charge in [-0.15, -0.1) is 0 Å². The van der Waals surface area contributed by atoms with Gasteiger partial charge < -0.3 is 15.0 Å². The molecule has 0 spiro atoms. The number of anilines is 1. The Hall–Kier alpha value is -1.71. The lowest BCUT2D eigenvalue weighted by Crippen LogP contribution is -2.38. The predicted molar refractivity (Wildman–Crippen MR) is 79.5 cm³/mol. The smallest absolute Gasteiger partial charge is 0.421 e. The number of hydrogen-bond donors (Lipinski definition) is 1. The molecule has 0 atom stereocenters. The number of aromatic nitrogens is 2. The molecule has 1 N–H and O–H groups in total. The summed E-state index contributed by atoms with van der Waals surface area (Å²) in [6.07, 6.45) is -1.17. The maximum atomic E-state index is 12.9. The van der Waals surface area contributed by atoms with Crippen molar-refractivity contribution in [3.05, 3.63) is 11.8 Å². The van der Waals surface area contributed by atoms with Crippen LogP contribution in [0.4, 0.5) is 23.8 Å². The van der Waals surface area contributed by atoms with Crippen molar-refractivity contribution in [2.24, 2.45) is 0 Å². The van der Waals surface area contributed by atoms with Gasteiger partial charge in [0.25, 0.3) is 0 Å². The van der Waals surface area contributed by atoms with Crippen LogP contribution >= 0.6 is 11.8 Å². The van der Waals surface area contributed by atoms with Gasteiger partial charge in [0.1, 0.15) is 11.4 Å². The van der Waals surface area contributed by atoms with Crippen molar-refractivity contribution in [2.75, 3.05) is 37.8 Å². The molecule has 2 rings (SSSR count). The number of thioether (sulfide) groups is 1. The van der Waals surface area contributed by atoms with E-state index in [4.69, 9.17) is 4.74 Å². The molecule has 1 fully saturated rings. The zero-order valence-corrected chi connectivity index (χ0v) is 13.3. The number of nitrogens with one attached hydrogen (secondary N) is 1. The minimum Gasteiger partial charge on any atom is -0.449 e. The topological polar surface area (TPSA) is 67.3 Å². The Morgan fingerprint density at radius 2 is 2.26 bits per heavy atom. The molecule has 10 heteroatoms. The maximum absolute atomic E-state index is 12.9. The van der Waals surface area contributed by atoms with Crippen molar-refractivity contribution in [3.63, 3.8) is 0 Å². The molecule has 0 saturated carbocycles. The van der Waals surface area contributed by atoms with Crippen molar-refractivity contribution >= 4 is 23.7 Å². The molecule has 0 radical (unpaired) electrons. The largest absolute Gasteiger partial charge is 0.449 e. The average molecular weight is 350 g/mol. The monoisotopic (exact) mass is 350 g/mol. The summed E-state index contributed by atoms with van der Waals surface area (Å²) in [7, 11) is 0. The number of carbonyl (C=O) groups is 1. The van der Waals surface area contributed by atoms with Crippen LogP contribution in [0.25, 0.3) is 0 Å². The van der Waals surface area contributed by atoms with Crippen LogP contribution in [-0.2, 0) is 10.9 Å². The van der Waals surface area contributed by atoms with Gasteiger partial charge in [-0.25, -0.2) is 14.8 Å². The summed E-state index contributed by atoms with van der Waals surface area (Å²) in [6.45, 7) is 1.71. The second kappa shape index (κ2) is 7.71. The van der Waals surface area contributed by atoms with Crippen LogP contribution in [0.2, 0.25) is 0 Å². The molecule has 0 aliphatic carbocycles. The first-order valence-corrected chi connectivity index (χ1v) is 8.28. The standard InChI is InChI=1S/C13H17F3N4O2S/c1-23-11-18-8-9(13(14,15)16)10(19-11)17-4-2-5-20-6-3-7-22-12(20)21/h8H,2-7H2,1H3,(H,17,18,19). The summed E-state index contributed by atoms with van der Waals surface area (Å²) >= 11 is 1.17. The van der Waals surface area contributed by atoms with Crippen LogP contribution in [0.3, 0.4) is 0 Å². The van der Waals surface area contributed by atoms with Gasteiger partial charge in [0.05, 0.1) is 6.61 Å². The molecule has 23 heavy (non-hydrogen) atoms. The zero-order valence-electron chi connectivity index (χ0n) is 12.5. The van der Waals surface area contributed by atoms with E-state index < -0.39 is 11.7 Å². The van der Waals surface area contributed by atoms with Crippen molar-refractivity contribution < 1.29 is 22.7 Å². The quantitative estimate of drug-likeness (QED) is 0.483. The molecule has 6 nitrogen and oxygen atoms in total. The number of amides is 1. The summed E-state index contributed by atoms with van der Waals surface area (Å²) in [4.78, 5) is 20.5. The van der Waals surface area contributed by atoms with Gasteiger partial charge in [-0.1, -0.05) is 11.8 Å². The van der Waals surface area contributed by atoms with Gasteiger partial charge in [-0.3, -0.25) is 0 Å². The van der Waals surface area contributed by atoms with Crippen molar-refractivity contribution in [1.82, 2.24) is 14.9 Å². The van der Waals surface area contributed by atoms with Crippen LogP contribution in [0, 0.1) is 0 Å². The predicted octanol–water partition coefficient (Wildman–Crippen LogP) is 2.86. The molecule has 128 valence electrons.